The first kappa shape index (κ1) is 25.6. The molecule has 5 rings (SSSR count). The largest absolute Gasteiger partial charge is 0.257 e. The van der Waals surface area contributed by atoms with Crippen LogP contribution in [0.2, 0.25) is 0 Å². The maximum absolute atomic E-state index is 15.0. The molecule has 0 atom stereocenters. The lowest BCUT2D eigenvalue weighted by molar-refractivity contribution is 0.382. The van der Waals surface area contributed by atoms with Crippen LogP contribution in [-0.4, -0.2) is 6.71 Å². The van der Waals surface area contributed by atoms with Gasteiger partial charge in [-0.2, -0.15) is 0 Å². The van der Waals surface area contributed by atoms with Gasteiger partial charge in [-0.25, -0.2) is 43.9 Å². The third-order valence-corrected chi connectivity index (χ3v) is 6.46. The summed E-state index contributed by atoms with van der Waals surface area (Å²) in [4.78, 5) is 0. The summed E-state index contributed by atoms with van der Waals surface area (Å²) in [6.07, 6.45) is 2.43. The van der Waals surface area contributed by atoms with Crippen molar-refractivity contribution in [2.45, 2.75) is 6.42 Å². The Morgan fingerprint density at radius 1 is 0.500 bits per heavy atom. The van der Waals surface area contributed by atoms with Crippen LogP contribution >= 0.6 is 0 Å². The van der Waals surface area contributed by atoms with Gasteiger partial charge in [-0.3, -0.25) is 0 Å². The van der Waals surface area contributed by atoms with E-state index in [0.717, 1.165) is 6.08 Å². The lowest BCUT2D eigenvalue weighted by Gasteiger charge is -2.22. The summed E-state index contributed by atoms with van der Waals surface area (Å²) in [7, 11) is 0. The maximum Gasteiger partial charge on any atom is 0.257 e. The minimum atomic E-state index is -2.60. The number of hydrogen-bond donors (Lipinski definition) is 0. The van der Waals surface area contributed by atoms with E-state index in [9.17, 15) is 26.3 Å². The van der Waals surface area contributed by atoms with E-state index >= 15 is 17.6 Å². The van der Waals surface area contributed by atoms with E-state index in [0.29, 0.717) is 16.3 Å². The van der Waals surface area contributed by atoms with Gasteiger partial charge in [0.2, 0.25) is 0 Å². The van der Waals surface area contributed by atoms with E-state index in [2.05, 4.69) is 0 Å². The SMILES string of the molecule is Fc1c(F)c(F)c(B(C2=C(c3cccc4ccccc34)CC=C2)c2c(F)c(F)c(F)c(F)c2F)c(F)c1F. The van der Waals surface area contributed by atoms with Gasteiger partial charge in [0.25, 0.3) is 6.71 Å². The molecule has 0 bridgehead atoms. The average Bonchev–Trinajstić information content (AvgIpc) is 3.41. The first-order valence-electron chi connectivity index (χ1n) is 11.0. The molecule has 4 aromatic carbocycles. The summed E-state index contributed by atoms with van der Waals surface area (Å²) in [5, 5.41) is 1.23. The van der Waals surface area contributed by atoms with Crippen LogP contribution in [-0.2, 0) is 0 Å². The van der Waals surface area contributed by atoms with Crippen molar-refractivity contribution in [2.75, 3.05) is 0 Å². The number of allylic oxidation sites excluding steroid dienone is 4. The van der Waals surface area contributed by atoms with E-state index in [1.807, 2.05) is 0 Å². The molecule has 0 aromatic heterocycles. The molecule has 0 spiro atoms. The van der Waals surface area contributed by atoms with Crippen molar-refractivity contribution in [2.24, 2.45) is 0 Å². The van der Waals surface area contributed by atoms with Gasteiger partial charge in [-0.05, 0) is 28.3 Å². The van der Waals surface area contributed by atoms with Gasteiger partial charge in [0.1, 0.15) is 0 Å². The molecule has 4 aromatic rings. The van der Waals surface area contributed by atoms with Crippen molar-refractivity contribution >= 4 is 34.0 Å². The standard InChI is InChI=1S/C27H11BF10/c29-18-16(19(30)23(34)26(37)22(18)33)28(17-20(31)24(35)27(38)25(36)21(17)32)15-10-4-9-14(15)13-8-3-6-11-5-1-2-7-12(11)13/h1-8,10H,9H2. The van der Waals surface area contributed by atoms with Crippen LogP contribution in [0.4, 0.5) is 43.9 Å². The molecule has 0 nitrogen and oxygen atoms in total. The molecule has 0 heterocycles. The third kappa shape index (κ3) is 3.71. The number of fused-ring (bicyclic) bond motifs is 1. The van der Waals surface area contributed by atoms with Crippen LogP contribution in [0.15, 0.2) is 60.1 Å². The molecule has 0 fully saturated rings. The summed E-state index contributed by atoms with van der Waals surface area (Å²) in [5.41, 5.74) is -3.44. The second-order valence-electron chi connectivity index (χ2n) is 8.47. The molecule has 38 heavy (non-hydrogen) atoms. The van der Waals surface area contributed by atoms with Crippen LogP contribution in [0, 0.1) is 58.2 Å². The zero-order valence-electron chi connectivity index (χ0n) is 18.8. The highest BCUT2D eigenvalue weighted by Crippen LogP contribution is 2.36. The summed E-state index contributed by atoms with van der Waals surface area (Å²) in [6, 6.07) is 11.6. The fraction of sp³-hybridized carbons (Fsp3) is 0.0370. The molecule has 0 unspecified atom stereocenters. The first-order chi connectivity index (χ1) is 18.1. The van der Waals surface area contributed by atoms with Gasteiger partial charge in [-0.1, -0.05) is 60.1 Å². The van der Waals surface area contributed by atoms with Gasteiger partial charge in [0.15, 0.2) is 58.2 Å². The number of hydrogen-bond acceptors (Lipinski definition) is 0. The second-order valence-corrected chi connectivity index (χ2v) is 8.47. The predicted octanol–water partition coefficient (Wildman–Crippen LogP) is 6.79. The fourth-order valence-corrected chi connectivity index (χ4v) is 4.75. The van der Waals surface area contributed by atoms with E-state index in [1.54, 1.807) is 42.5 Å². The minimum absolute atomic E-state index is 0.0371. The van der Waals surface area contributed by atoms with Crippen LogP contribution in [0.5, 0.6) is 0 Å². The normalized spacial score (nSPS) is 13.2. The summed E-state index contributed by atoms with van der Waals surface area (Å²) >= 11 is 0. The topological polar surface area (TPSA) is 0 Å². The summed E-state index contributed by atoms with van der Waals surface area (Å²) in [6.45, 7) is -2.60. The molecule has 11 heteroatoms. The fourth-order valence-electron chi connectivity index (χ4n) is 4.75. The Kier molecular flexibility index (Phi) is 6.32. The summed E-state index contributed by atoms with van der Waals surface area (Å²) < 4.78 is 145. The van der Waals surface area contributed by atoms with Crippen molar-refractivity contribution in [3.8, 4) is 0 Å². The van der Waals surface area contributed by atoms with E-state index in [4.69, 9.17) is 0 Å². The highest BCUT2D eigenvalue weighted by atomic mass is 19.2. The maximum atomic E-state index is 15.0. The number of rotatable bonds is 4. The monoisotopic (exact) mass is 536 g/mol. The molecule has 192 valence electrons. The minimum Gasteiger partial charge on any atom is -0.204 e. The van der Waals surface area contributed by atoms with Crippen LogP contribution in [0.1, 0.15) is 12.0 Å². The number of benzene rings is 4. The van der Waals surface area contributed by atoms with Gasteiger partial charge in [0.05, 0.1) is 0 Å². The zero-order chi connectivity index (χ0) is 27.5. The van der Waals surface area contributed by atoms with E-state index in [1.165, 1.54) is 6.08 Å². The second kappa shape index (κ2) is 9.38. The molecule has 1 aliphatic carbocycles. The molecular formula is C27H11BF10. The van der Waals surface area contributed by atoms with Crippen molar-refractivity contribution in [3.05, 3.63) is 124 Å². The predicted molar refractivity (Wildman–Crippen MR) is 122 cm³/mol. The molecular weight excluding hydrogens is 525 g/mol. The van der Waals surface area contributed by atoms with Gasteiger partial charge in [0, 0.05) is 10.9 Å². The smallest absolute Gasteiger partial charge is 0.204 e. The van der Waals surface area contributed by atoms with Crippen LogP contribution in [0.25, 0.3) is 16.3 Å². The lowest BCUT2D eigenvalue weighted by Crippen LogP contribution is -2.52. The molecule has 0 saturated heterocycles. The van der Waals surface area contributed by atoms with Crippen molar-refractivity contribution in [1.82, 2.24) is 0 Å². The zero-order valence-corrected chi connectivity index (χ0v) is 18.8. The lowest BCUT2D eigenvalue weighted by atomic mass is 9.35. The van der Waals surface area contributed by atoms with Crippen molar-refractivity contribution in [3.63, 3.8) is 0 Å². The van der Waals surface area contributed by atoms with Gasteiger partial charge in [-0.15, -0.1) is 0 Å². The molecule has 1 aliphatic rings. The highest BCUT2D eigenvalue weighted by molar-refractivity contribution is 6.92. The average molecular weight is 536 g/mol. The van der Waals surface area contributed by atoms with E-state index in [-0.39, 0.29) is 12.0 Å². The molecule has 0 aliphatic heterocycles. The number of halogens is 10. The first-order valence-corrected chi connectivity index (χ1v) is 11.0. The van der Waals surface area contributed by atoms with Crippen LogP contribution < -0.4 is 10.9 Å². The Balaban J connectivity index is 1.94. The Bertz CT molecular complexity index is 1570. The Morgan fingerprint density at radius 3 is 1.47 bits per heavy atom. The van der Waals surface area contributed by atoms with Gasteiger partial charge < -0.3 is 0 Å². The Labute approximate surface area is 208 Å². The van der Waals surface area contributed by atoms with Crippen molar-refractivity contribution in [1.29, 1.82) is 0 Å². The van der Waals surface area contributed by atoms with Crippen LogP contribution in [0.3, 0.4) is 0 Å². The van der Waals surface area contributed by atoms with E-state index < -0.39 is 81.3 Å². The third-order valence-electron chi connectivity index (χ3n) is 6.46. The molecule has 0 saturated carbocycles. The molecule has 0 radical (unpaired) electrons. The Hall–Kier alpha value is -4.02. The molecule has 0 N–H and O–H groups in total. The highest BCUT2D eigenvalue weighted by Gasteiger charge is 2.42. The quantitative estimate of drug-likeness (QED) is 0.117. The van der Waals surface area contributed by atoms with Gasteiger partial charge >= 0.3 is 0 Å². The van der Waals surface area contributed by atoms with Crippen molar-refractivity contribution < 1.29 is 43.9 Å². The Morgan fingerprint density at radius 2 is 0.947 bits per heavy atom. The summed E-state index contributed by atoms with van der Waals surface area (Å²) in [5.74, 6) is -24.8. The molecule has 0 amide bonds.